The predicted molar refractivity (Wildman–Crippen MR) is 35.4 cm³/mol. The minimum Gasteiger partial charge on any atom is -0.289 e. The Morgan fingerprint density at radius 2 is 2.43 bits per heavy atom. The molecule has 1 N–H and O–H groups in total. The molecule has 0 saturated heterocycles. The van der Waals surface area contributed by atoms with E-state index >= 15 is 0 Å². The molecule has 0 aliphatic rings. The molecule has 0 aromatic heterocycles. The molecule has 40 valence electrons. The highest BCUT2D eigenvalue weighted by atomic mass is 32.2. The van der Waals surface area contributed by atoms with E-state index in [0.717, 1.165) is 11.4 Å². The third-order valence-corrected chi connectivity index (χ3v) is 1.24. The van der Waals surface area contributed by atoms with E-state index in [1.807, 2.05) is 13.2 Å². The summed E-state index contributed by atoms with van der Waals surface area (Å²) in [5.74, 6) is 0. The molecule has 7 heavy (non-hydrogen) atoms. The van der Waals surface area contributed by atoms with Gasteiger partial charge in [0.2, 0.25) is 0 Å². The van der Waals surface area contributed by atoms with Gasteiger partial charge in [0, 0.05) is 0 Å². The van der Waals surface area contributed by atoms with Gasteiger partial charge in [0.1, 0.15) is 6.34 Å². The summed E-state index contributed by atoms with van der Waals surface area (Å²) in [5, 5.41) is 7.44. The first-order valence-electron chi connectivity index (χ1n) is 1.88. The third kappa shape index (κ3) is 3.52. The minimum absolute atomic E-state index is 0.926. The monoisotopic (exact) mass is 116 g/mol. The van der Waals surface area contributed by atoms with Gasteiger partial charge in [0.05, 0.1) is 5.04 Å². The molecule has 0 bridgehead atoms. The van der Waals surface area contributed by atoms with Crippen LogP contribution in [0.5, 0.6) is 0 Å². The molecule has 0 heterocycles. The summed E-state index contributed by atoms with van der Waals surface area (Å²) in [6.45, 7) is 1.87. The van der Waals surface area contributed by atoms with Crippen molar-refractivity contribution in [3.63, 3.8) is 0 Å². The van der Waals surface area contributed by atoms with Gasteiger partial charge < -0.3 is 0 Å². The van der Waals surface area contributed by atoms with Gasteiger partial charge in [-0.05, 0) is 13.2 Å². The zero-order valence-electron chi connectivity index (χ0n) is 4.43. The van der Waals surface area contributed by atoms with Crippen LogP contribution >= 0.6 is 11.8 Å². The van der Waals surface area contributed by atoms with Crippen molar-refractivity contribution in [3.8, 4) is 0 Å². The van der Waals surface area contributed by atoms with Crippen LogP contribution in [-0.4, -0.2) is 17.6 Å². The Balaban J connectivity index is 3.49. The quantitative estimate of drug-likeness (QED) is 0.407. The second-order valence-corrected chi connectivity index (χ2v) is 1.98. The van der Waals surface area contributed by atoms with Gasteiger partial charge in [-0.15, -0.1) is 11.8 Å². The maximum atomic E-state index is 6.51. The Morgan fingerprint density at radius 1 is 1.86 bits per heavy atom. The summed E-state index contributed by atoms with van der Waals surface area (Å²) >= 11 is 1.55. The molecular formula is C4H8N2S. The molecule has 0 fully saturated rings. The number of hydrogen-bond donors (Lipinski definition) is 1. The molecule has 0 spiro atoms. The summed E-state index contributed by atoms with van der Waals surface area (Å²) < 4.78 is 0. The van der Waals surface area contributed by atoms with Crippen molar-refractivity contribution in [3.05, 3.63) is 0 Å². The first-order valence-corrected chi connectivity index (χ1v) is 3.11. The molecule has 0 rings (SSSR count). The summed E-state index contributed by atoms with van der Waals surface area (Å²) in [7, 11) is 0. The average molecular weight is 116 g/mol. The Hall–Kier alpha value is -0.310. The Morgan fingerprint density at radius 3 is 2.57 bits per heavy atom. The van der Waals surface area contributed by atoms with Crippen LogP contribution in [0.15, 0.2) is 4.99 Å². The molecular weight excluding hydrogens is 108 g/mol. The van der Waals surface area contributed by atoms with Gasteiger partial charge in [-0.1, -0.05) is 0 Å². The molecule has 0 saturated carbocycles. The molecule has 0 aromatic carbocycles. The van der Waals surface area contributed by atoms with Crippen molar-refractivity contribution in [2.24, 2.45) is 4.99 Å². The highest BCUT2D eigenvalue weighted by Crippen LogP contribution is 1.93. The molecule has 2 nitrogen and oxygen atoms in total. The van der Waals surface area contributed by atoms with E-state index in [-0.39, 0.29) is 0 Å². The second kappa shape index (κ2) is 3.87. The number of aliphatic imine (C=N–C) groups is 1. The lowest BCUT2D eigenvalue weighted by Crippen LogP contribution is -1.78. The van der Waals surface area contributed by atoms with Crippen molar-refractivity contribution in [2.45, 2.75) is 6.92 Å². The number of thioether (sulfide) groups is 1. The van der Waals surface area contributed by atoms with Crippen LogP contribution in [0, 0.1) is 5.41 Å². The van der Waals surface area contributed by atoms with E-state index in [2.05, 4.69) is 4.99 Å². The lowest BCUT2D eigenvalue weighted by atomic mass is 10.9. The smallest absolute Gasteiger partial charge is 0.107 e. The van der Waals surface area contributed by atoms with Gasteiger partial charge in [-0.25, -0.2) is 4.99 Å². The largest absolute Gasteiger partial charge is 0.289 e. The zero-order chi connectivity index (χ0) is 5.70. The predicted octanol–water partition coefficient (Wildman–Crippen LogP) is 1.37. The molecule has 0 aliphatic heterocycles. The van der Waals surface area contributed by atoms with Crippen LogP contribution in [-0.2, 0) is 0 Å². The molecule has 0 radical (unpaired) electrons. The van der Waals surface area contributed by atoms with Gasteiger partial charge in [-0.2, -0.15) is 0 Å². The summed E-state index contributed by atoms with van der Waals surface area (Å²) in [6.07, 6.45) is 2.98. The fourth-order valence-corrected chi connectivity index (χ4v) is 0.302. The summed E-state index contributed by atoms with van der Waals surface area (Å²) in [5.41, 5.74) is 0. The molecule has 0 amide bonds. The summed E-state index contributed by atoms with van der Waals surface area (Å²) in [4.78, 5) is 3.66. The number of nitrogens with one attached hydrogen (secondary N) is 1. The first kappa shape index (κ1) is 6.69. The Bertz CT molecular complexity index is 87.7. The fraction of sp³-hybridized carbons (Fsp3) is 0.500. The van der Waals surface area contributed by atoms with Gasteiger partial charge >= 0.3 is 0 Å². The standard InChI is InChI=1S/C4H8N2S/c1-4(7-2)6-3-5/h3,5H,1-2H3. The molecule has 0 aromatic rings. The average Bonchev–Trinajstić information content (AvgIpc) is 1.68. The van der Waals surface area contributed by atoms with Crippen LogP contribution in [0.1, 0.15) is 6.92 Å². The first-order chi connectivity index (χ1) is 3.31. The van der Waals surface area contributed by atoms with E-state index in [0.29, 0.717) is 0 Å². The van der Waals surface area contributed by atoms with E-state index in [1.54, 1.807) is 11.8 Å². The van der Waals surface area contributed by atoms with Crippen molar-refractivity contribution in [2.75, 3.05) is 6.26 Å². The van der Waals surface area contributed by atoms with Gasteiger partial charge in [-0.3, -0.25) is 5.41 Å². The SMILES string of the molecule is CSC(C)=NC=N. The number of rotatable bonds is 1. The van der Waals surface area contributed by atoms with Crippen LogP contribution in [0.2, 0.25) is 0 Å². The van der Waals surface area contributed by atoms with Crippen molar-refractivity contribution in [1.29, 1.82) is 5.41 Å². The Labute approximate surface area is 47.5 Å². The molecule has 0 unspecified atom stereocenters. The minimum atomic E-state index is 0.926. The number of hydrogen-bond acceptors (Lipinski definition) is 2. The number of nitrogens with zero attached hydrogens (tertiary/aromatic N) is 1. The third-order valence-electron chi connectivity index (χ3n) is 0.542. The normalized spacial score (nSPS) is 11.4. The zero-order valence-corrected chi connectivity index (χ0v) is 5.25. The molecule has 3 heteroatoms. The van der Waals surface area contributed by atoms with Gasteiger partial charge in [0.25, 0.3) is 0 Å². The van der Waals surface area contributed by atoms with Crippen LogP contribution in [0.4, 0.5) is 0 Å². The molecule has 0 atom stereocenters. The van der Waals surface area contributed by atoms with Crippen molar-refractivity contribution in [1.82, 2.24) is 0 Å². The highest BCUT2D eigenvalue weighted by molar-refractivity contribution is 8.13. The van der Waals surface area contributed by atoms with Crippen LogP contribution < -0.4 is 0 Å². The lowest BCUT2D eigenvalue weighted by Gasteiger charge is -1.84. The van der Waals surface area contributed by atoms with Crippen molar-refractivity contribution < 1.29 is 0 Å². The van der Waals surface area contributed by atoms with E-state index in [1.165, 1.54) is 0 Å². The highest BCUT2D eigenvalue weighted by Gasteiger charge is 1.77. The lowest BCUT2D eigenvalue weighted by molar-refractivity contribution is 1.51. The van der Waals surface area contributed by atoms with Crippen LogP contribution in [0.3, 0.4) is 0 Å². The molecule has 0 aliphatic carbocycles. The maximum Gasteiger partial charge on any atom is 0.107 e. The van der Waals surface area contributed by atoms with Crippen molar-refractivity contribution >= 4 is 23.1 Å². The van der Waals surface area contributed by atoms with E-state index in [4.69, 9.17) is 5.41 Å². The van der Waals surface area contributed by atoms with E-state index < -0.39 is 0 Å². The fourth-order valence-electron chi connectivity index (χ4n) is 0.144. The Kier molecular flexibility index (Phi) is 3.69. The topological polar surface area (TPSA) is 36.2 Å². The van der Waals surface area contributed by atoms with E-state index in [9.17, 15) is 0 Å². The second-order valence-electron chi connectivity index (χ2n) is 0.981. The summed E-state index contributed by atoms with van der Waals surface area (Å²) in [6, 6.07) is 0. The van der Waals surface area contributed by atoms with Gasteiger partial charge in [0.15, 0.2) is 0 Å². The maximum absolute atomic E-state index is 6.51. The van der Waals surface area contributed by atoms with Crippen LogP contribution in [0.25, 0.3) is 0 Å².